The Hall–Kier alpha value is -1.00. The zero-order valence-electron chi connectivity index (χ0n) is 14.0. The highest BCUT2D eigenvalue weighted by Crippen LogP contribution is 2.30. The van der Waals surface area contributed by atoms with Crippen molar-refractivity contribution in [1.29, 1.82) is 0 Å². The summed E-state index contributed by atoms with van der Waals surface area (Å²) in [5.74, 6) is 1.13. The van der Waals surface area contributed by atoms with E-state index in [0.29, 0.717) is 5.41 Å². The van der Waals surface area contributed by atoms with Gasteiger partial charge in [0.1, 0.15) is 0 Å². The molecule has 1 aromatic heterocycles. The van der Waals surface area contributed by atoms with Crippen LogP contribution in [0.1, 0.15) is 39.0 Å². The van der Waals surface area contributed by atoms with Crippen LogP contribution >= 0.6 is 23.5 Å². The maximum absolute atomic E-state index is 4.58. The van der Waals surface area contributed by atoms with Gasteiger partial charge in [0.2, 0.25) is 0 Å². The van der Waals surface area contributed by atoms with Crippen LogP contribution in [-0.4, -0.2) is 15.7 Å². The molecule has 0 N–H and O–H groups in total. The standard InChI is InChI=1S/C18H24N2S2/c1-6-14-11-19-17(20-13(14)2)22-16-9-7-15(8-10-16)21-12-18(3,4)5/h7-11H,6,12H2,1-5H3. The van der Waals surface area contributed by atoms with Gasteiger partial charge in [-0.25, -0.2) is 9.97 Å². The van der Waals surface area contributed by atoms with Gasteiger partial charge in [0.05, 0.1) is 0 Å². The molecule has 0 saturated heterocycles. The minimum absolute atomic E-state index is 0.352. The largest absolute Gasteiger partial charge is 0.231 e. The van der Waals surface area contributed by atoms with Crippen LogP contribution in [-0.2, 0) is 6.42 Å². The van der Waals surface area contributed by atoms with Gasteiger partial charge >= 0.3 is 0 Å². The van der Waals surface area contributed by atoms with E-state index in [2.05, 4.69) is 68.9 Å². The van der Waals surface area contributed by atoms with Crippen LogP contribution < -0.4 is 0 Å². The van der Waals surface area contributed by atoms with Crippen LogP contribution in [0.2, 0.25) is 0 Å². The number of hydrogen-bond acceptors (Lipinski definition) is 4. The van der Waals surface area contributed by atoms with Gasteiger partial charge < -0.3 is 0 Å². The molecular weight excluding hydrogens is 308 g/mol. The molecule has 0 atom stereocenters. The molecule has 0 aliphatic heterocycles. The van der Waals surface area contributed by atoms with Gasteiger partial charge in [-0.1, -0.05) is 27.7 Å². The first-order valence-corrected chi connectivity index (χ1v) is 9.41. The van der Waals surface area contributed by atoms with Crippen molar-refractivity contribution in [2.75, 3.05) is 5.75 Å². The normalized spacial score (nSPS) is 11.7. The third-order valence-electron chi connectivity index (χ3n) is 3.14. The van der Waals surface area contributed by atoms with Gasteiger partial charge in [-0.05, 0) is 60.4 Å². The summed E-state index contributed by atoms with van der Waals surface area (Å²) in [7, 11) is 0. The minimum atomic E-state index is 0.352. The molecule has 4 heteroatoms. The first-order chi connectivity index (χ1) is 10.4. The Balaban J connectivity index is 2.00. The predicted octanol–water partition coefficient (Wildman–Crippen LogP) is 5.64. The zero-order chi connectivity index (χ0) is 16.2. The molecule has 0 bridgehead atoms. The average Bonchev–Trinajstić information content (AvgIpc) is 2.46. The molecule has 1 aromatic carbocycles. The van der Waals surface area contributed by atoms with Crippen LogP contribution in [0.3, 0.4) is 0 Å². The van der Waals surface area contributed by atoms with E-state index in [1.807, 2.05) is 18.0 Å². The lowest BCUT2D eigenvalue weighted by Crippen LogP contribution is -2.07. The fourth-order valence-electron chi connectivity index (χ4n) is 1.88. The molecule has 0 aliphatic carbocycles. The van der Waals surface area contributed by atoms with Gasteiger partial charge in [0.15, 0.2) is 5.16 Å². The Morgan fingerprint density at radius 1 is 1.05 bits per heavy atom. The summed E-state index contributed by atoms with van der Waals surface area (Å²) in [6.45, 7) is 11.0. The first kappa shape index (κ1) is 17.4. The Bertz CT molecular complexity index is 616. The molecule has 0 amide bonds. The van der Waals surface area contributed by atoms with E-state index in [1.54, 1.807) is 11.8 Å². The van der Waals surface area contributed by atoms with Gasteiger partial charge in [-0.2, -0.15) is 0 Å². The zero-order valence-corrected chi connectivity index (χ0v) is 15.6. The third-order valence-corrected chi connectivity index (χ3v) is 5.65. The molecule has 118 valence electrons. The van der Waals surface area contributed by atoms with Crippen LogP contribution in [0.15, 0.2) is 45.4 Å². The summed E-state index contributed by atoms with van der Waals surface area (Å²) >= 11 is 3.53. The number of rotatable bonds is 5. The second kappa shape index (κ2) is 7.51. The van der Waals surface area contributed by atoms with Crippen molar-refractivity contribution in [2.24, 2.45) is 5.41 Å². The molecule has 0 saturated carbocycles. The molecule has 2 rings (SSSR count). The smallest absolute Gasteiger partial charge is 0.192 e. The molecule has 2 aromatic rings. The van der Waals surface area contributed by atoms with Crippen LogP contribution in [0.5, 0.6) is 0 Å². The molecule has 22 heavy (non-hydrogen) atoms. The number of aromatic nitrogens is 2. The maximum atomic E-state index is 4.58. The van der Waals surface area contributed by atoms with Gasteiger partial charge in [0, 0.05) is 27.4 Å². The lowest BCUT2D eigenvalue weighted by Gasteiger charge is -2.17. The average molecular weight is 333 g/mol. The Kier molecular flexibility index (Phi) is 5.93. The quantitative estimate of drug-likeness (QED) is 0.523. The topological polar surface area (TPSA) is 25.8 Å². The summed E-state index contributed by atoms with van der Waals surface area (Å²) in [5.41, 5.74) is 2.65. The van der Waals surface area contributed by atoms with E-state index in [-0.39, 0.29) is 0 Å². The first-order valence-electron chi connectivity index (χ1n) is 7.60. The highest BCUT2D eigenvalue weighted by molar-refractivity contribution is 7.99. The number of aryl methyl sites for hydroxylation is 2. The van der Waals surface area contributed by atoms with Gasteiger partial charge in [-0.15, -0.1) is 11.8 Å². The third kappa shape index (κ3) is 5.33. The minimum Gasteiger partial charge on any atom is -0.231 e. The number of benzene rings is 1. The van der Waals surface area contributed by atoms with Gasteiger partial charge in [-0.3, -0.25) is 0 Å². The number of hydrogen-bond donors (Lipinski definition) is 0. The molecule has 0 spiro atoms. The van der Waals surface area contributed by atoms with E-state index in [0.717, 1.165) is 23.0 Å². The van der Waals surface area contributed by atoms with E-state index in [4.69, 9.17) is 0 Å². The molecule has 0 unspecified atom stereocenters. The Morgan fingerprint density at radius 3 is 2.23 bits per heavy atom. The van der Waals surface area contributed by atoms with Crippen LogP contribution in [0.25, 0.3) is 0 Å². The van der Waals surface area contributed by atoms with E-state index < -0.39 is 0 Å². The van der Waals surface area contributed by atoms with E-state index >= 15 is 0 Å². The molecule has 2 nitrogen and oxygen atoms in total. The van der Waals surface area contributed by atoms with Gasteiger partial charge in [0.25, 0.3) is 0 Å². The lowest BCUT2D eigenvalue weighted by atomic mass is 10.0. The summed E-state index contributed by atoms with van der Waals surface area (Å²) in [6.07, 6.45) is 2.93. The SMILES string of the molecule is CCc1cnc(Sc2ccc(SCC(C)(C)C)cc2)nc1C. The van der Waals surface area contributed by atoms with Crippen molar-refractivity contribution < 1.29 is 0 Å². The molecule has 0 fully saturated rings. The Morgan fingerprint density at radius 2 is 1.68 bits per heavy atom. The van der Waals surface area contributed by atoms with Crippen molar-refractivity contribution >= 4 is 23.5 Å². The maximum Gasteiger partial charge on any atom is 0.192 e. The van der Waals surface area contributed by atoms with Crippen molar-refractivity contribution in [3.05, 3.63) is 41.7 Å². The second-order valence-electron chi connectivity index (χ2n) is 6.54. The van der Waals surface area contributed by atoms with E-state index in [9.17, 15) is 0 Å². The molecule has 0 radical (unpaired) electrons. The Labute approximate surface area is 142 Å². The summed E-state index contributed by atoms with van der Waals surface area (Å²) in [4.78, 5) is 11.5. The fraction of sp³-hybridized carbons (Fsp3) is 0.444. The van der Waals surface area contributed by atoms with E-state index in [1.165, 1.54) is 15.4 Å². The number of nitrogens with zero attached hydrogens (tertiary/aromatic N) is 2. The summed E-state index contributed by atoms with van der Waals surface area (Å²) in [6, 6.07) is 8.68. The van der Waals surface area contributed by atoms with Crippen LogP contribution in [0, 0.1) is 12.3 Å². The highest BCUT2D eigenvalue weighted by atomic mass is 32.2. The lowest BCUT2D eigenvalue weighted by molar-refractivity contribution is 0.481. The summed E-state index contributed by atoms with van der Waals surface area (Å²) in [5, 5.41) is 0.824. The molecule has 0 aliphatic rings. The fourth-order valence-corrected chi connectivity index (χ4v) is 3.58. The monoisotopic (exact) mass is 332 g/mol. The predicted molar refractivity (Wildman–Crippen MR) is 96.9 cm³/mol. The van der Waals surface area contributed by atoms with Crippen LogP contribution in [0.4, 0.5) is 0 Å². The molecular formula is C18H24N2S2. The van der Waals surface area contributed by atoms with Crippen molar-refractivity contribution in [1.82, 2.24) is 9.97 Å². The highest BCUT2D eigenvalue weighted by Gasteiger charge is 2.10. The van der Waals surface area contributed by atoms with Crippen molar-refractivity contribution in [2.45, 2.75) is 56.0 Å². The summed E-state index contributed by atoms with van der Waals surface area (Å²) < 4.78 is 0. The molecule has 1 heterocycles. The van der Waals surface area contributed by atoms with Crippen molar-refractivity contribution in [3.63, 3.8) is 0 Å². The second-order valence-corrected chi connectivity index (χ2v) is 8.63. The van der Waals surface area contributed by atoms with Crippen molar-refractivity contribution in [3.8, 4) is 0 Å². The number of thioether (sulfide) groups is 1.